The van der Waals surface area contributed by atoms with Crippen molar-refractivity contribution >= 4 is 5.65 Å². The minimum atomic E-state index is -4.29. The molecule has 0 saturated carbocycles. The van der Waals surface area contributed by atoms with Crippen molar-refractivity contribution < 1.29 is 18.3 Å². The quantitative estimate of drug-likeness (QED) is 0.914. The molecule has 0 atom stereocenters. The predicted molar refractivity (Wildman–Crippen MR) is 68.3 cm³/mol. The molecular formula is C13H16F3N3O. The van der Waals surface area contributed by atoms with E-state index >= 15 is 0 Å². The molecule has 2 rings (SSSR count). The molecule has 20 heavy (non-hydrogen) atoms. The fourth-order valence-corrected chi connectivity index (χ4v) is 2.12. The fraction of sp³-hybridized carbons (Fsp3) is 0.462. The number of nitrogens with zero attached hydrogens (tertiary/aromatic N) is 3. The molecule has 2 aromatic heterocycles. The average molecular weight is 287 g/mol. The molecule has 2 heterocycles. The number of hydrogen-bond donors (Lipinski definition) is 1. The molecule has 0 amide bonds. The monoisotopic (exact) mass is 287 g/mol. The zero-order chi connectivity index (χ0) is 14.8. The number of pyridine rings is 1. The maximum atomic E-state index is 12.5. The van der Waals surface area contributed by atoms with Gasteiger partial charge in [0.1, 0.15) is 5.65 Å². The molecule has 2 aromatic rings. The van der Waals surface area contributed by atoms with E-state index in [-0.39, 0.29) is 19.7 Å². The summed E-state index contributed by atoms with van der Waals surface area (Å²) in [5.41, 5.74) is 2.25. The van der Waals surface area contributed by atoms with E-state index in [4.69, 9.17) is 5.11 Å². The molecule has 7 heteroatoms. The second-order valence-electron chi connectivity index (χ2n) is 4.70. The van der Waals surface area contributed by atoms with Crippen LogP contribution in [0, 0.1) is 6.92 Å². The maximum absolute atomic E-state index is 12.5. The number of hydrogen-bond acceptors (Lipinski definition) is 3. The van der Waals surface area contributed by atoms with Gasteiger partial charge >= 0.3 is 6.18 Å². The van der Waals surface area contributed by atoms with Gasteiger partial charge in [-0.15, -0.1) is 0 Å². The Hall–Kier alpha value is -1.60. The lowest BCUT2D eigenvalue weighted by atomic mass is 10.3. The van der Waals surface area contributed by atoms with Crippen molar-refractivity contribution in [2.45, 2.75) is 19.6 Å². The summed E-state index contributed by atoms with van der Waals surface area (Å²) in [7, 11) is 0. The van der Waals surface area contributed by atoms with E-state index in [0.29, 0.717) is 5.69 Å². The minimum Gasteiger partial charge on any atom is -0.395 e. The van der Waals surface area contributed by atoms with Crippen molar-refractivity contribution in [3.05, 3.63) is 35.8 Å². The van der Waals surface area contributed by atoms with Crippen molar-refractivity contribution in [3.8, 4) is 0 Å². The molecule has 0 bridgehead atoms. The van der Waals surface area contributed by atoms with E-state index in [9.17, 15) is 13.2 Å². The van der Waals surface area contributed by atoms with Crippen molar-refractivity contribution in [2.24, 2.45) is 0 Å². The van der Waals surface area contributed by atoms with E-state index in [0.717, 1.165) is 16.1 Å². The van der Waals surface area contributed by atoms with E-state index in [1.54, 1.807) is 16.8 Å². The number of halogens is 3. The molecular weight excluding hydrogens is 271 g/mol. The Kier molecular flexibility index (Phi) is 4.29. The molecule has 0 radical (unpaired) electrons. The number of aromatic nitrogens is 2. The standard InChI is InChI=1S/C13H16F3N3O/c1-10-3-2-4-19-8-11(17-12(10)19)7-18(5-6-20)9-13(14,15)16/h2-4,8,20H,5-7,9H2,1H3. The van der Waals surface area contributed by atoms with Crippen LogP contribution in [-0.2, 0) is 6.54 Å². The van der Waals surface area contributed by atoms with Gasteiger partial charge in [0.05, 0.1) is 18.8 Å². The number of fused-ring (bicyclic) bond motifs is 1. The summed E-state index contributed by atoms with van der Waals surface area (Å²) in [6.07, 6.45) is -0.772. The van der Waals surface area contributed by atoms with Crippen molar-refractivity contribution in [2.75, 3.05) is 19.7 Å². The van der Waals surface area contributed by atoms with Crippen LogP contribution in [0.4, 0.5) is 13.2 Å². The fourth-order valence-electron chi connectivity index (χ4n) is 2.12. The Bertz CT molecular complexity index is 580. The molecule has 110 valence electrons. The molecule has 0 aliphatic carbocycles. The first-order valence-corrected chi connectivity index (χ1v) is 6.22. The van der Waals surface area contributed by atoms with Crippen molar-refractivity contribution in [1.29, 1.82) is 0 Å². The Morgan fingerprint density at radius 3 is 2.75 bits per heavy atom. The highest BCUT2D eigenvalue weighted by molar-refractivity contribution is 5.47. The van der Waals surface area contributed by atoms with Gasteiger partial charge in [0.2, 0.25) is 0 Å². The number of rotatable bonds is 5. The highest BCUT2D eigenvalue weighted by Gasteiger charge is 2.30. The Morgan fingerprint density at radius 1 is 1.40 bits per heavy atom. The first-order valence-electron chi connectivity index (χ1n) is 6.22. The van der Waals surface area contributed by atoms with Crippen LogP contribution in [0.1, 0.15) is 11.3 Å². The molecule has 0 fully saturated rings. The summed E-state index contributed by atoms with van der Waals surface area (Å²) in [4.78, 5) is 5.47. The van der Waals surface area contributed by atoms with Gasteiger partial charge in [0, 0.05) is 25.5 Å². The van der Waals surface area contributed by atoms with E-state index < -0.39 is 12.7 Å². The van der Waals surface area contributed by atoms with Crippen LogP contribution in [-0.4, -0.2) is 45.3 Å². The van der Waals surface area contributed by atoms with Crippen molar-refractivity contribution in [3.63, 3.8) is 0 Å². The average Bonchev–Trinajstić information content (AvgIpc) is 2.71. The highest BCUT2D eigenvalue weighted by Crippen LogP contribution is 2.18. The molecule has 0 unspecified atom stereocenters. The lowest BCUT2D eigenvalue weighted by molar-refractivity contribution is -0.148. The number of alkyl halides is 3. The summed E-state index contributed by atoms with van der Waals surface area (Å²) >= 11 is 0. The summed E-state index contributed by atoms with van der Waals surface area (Å²) in [5, 5.41) is 8.86. The van der Waals surface area contributed by atoms with Crippen LogP contribution in [0.2, 0.25) is 0 Å². The van der Waals surface area contributed by atoms with Crippen LogP contribution in [0.5, 0.6) is 0 Å². The van der Waals surface area contributed by atoms with Gasteiger partial charge in [0.15, 0.2) is 0 Å². The zero-order valence-corrected chi connectivity index (χ0v) is 11.1. The van der Waals surface area contributed by atoms with E-state index in [1.807, 2.05) is 19.1 Å². The Labute approximate surface area is 114 Å². The van der Waals surface area contributed by atoms with Gasteiger partial charge in [-0.1, -0.05) is 6.07 Å². The SMILES string of the molecule is Cc1cccn2cc(CN(CCO)CC(F)(F)F)nc12. The second-order valence-corrected chi connectivity index (χ2v) is 4.70. The topological polar surface area (TPSA) is 40.8 Å². The highest BCUT2D eigenvalue weighted by atomic mass is 19.4. The molecule has 0 saturated heterocycles. The third-order valence-corrected chi connectivity index (χ3v) is 2.93. The second kappa shape index (κ2) is 5.80. The molecule has 4 nitrogen and oxygen atoms in total. The normalized spacial score (nSPS) is 12.5. The van der Waals surface area contributed by atoms with E-state index in [1.165, 1.54) is 0 Å². The van der Waals surface area contributed by atoms with Crippen LogP contribution in [0.15, 0.2) is 24.5 Å². The van der Waals surface area contributed by atoms with Gasteiger partial charge in [-0.05, 0) is 18.6 Å². The first-order chi connectivity index (χ1) is 9.39. The third kappa shape index (κ3) is 3.71. The molecule has 0 aromatic carbocycles. The summed E-state index contributed by atoms with van der Waals surface area (Å²) in [6, 6.07) is 3.75. The van der Waals surface area contributed by atoms with Crippen LogP contribution in [0.25, 0.3) is 5.65 Å². The molecule has 0 aliphatic heterocycles. The lowest BCUT2D eigenvalue weighted by Gasteiger charge is -2.21. The predicted octanol–water partition coefficient (Wildman–Crippen LogP) is 2.00. The van der Waals surface area contributed by atoms with Gasteiger partial charge < -0.3 is 9.51 Å². The largest absolute Gasteiger partial charge is 0.401 e. The van der Waals surface area contributed by atoms with Gasteiger partial charge in [-0.2, -0.15) is 13.2 Å². The first kappa shape index (κ1) is 14.8. The number of aliphatic hydroxyl groups excluding tert-OH is 1. The smallest absolute Gasteiger partial charge is 0.395 e. The minimum absolute atomic E-state index is 0.0354. The van der Waals surface area contributed by atoms with Crippen LogP contribution in [0.3, 0.4) is 0 Å². The van der Waals surface area contributed by atoms with Gasteiger partial charge in [-0.3, -0.25) is 4.90 Å². The molecule has 1 N–H and O–H groups in total. The number of aliphatic hydroxyl groups is 1. The number of imidazole rings is 1. The van der Waals surface area contributed by atoms with Crippen LogP contribution >= 0.6 is 0 Å². The van der Waals surface area contributed by atoms with Crippen LogP contribution < -0.4 is 0 Å². The number of aryl methyl sites for hydroxylation is 1. The van der Waals surface area contributed by atoms with Gasteiger partial charge in [0.25, 0.3) is 0 Å². The van der Waals surface area contributed by atoms with Crippen molar-refractivity contribution in [1.82, 2.24) is 14.3 Å². The Balaban J connectivity index is 2.18. The van der Waals surface area contributed by atoms with Gasteiger partial charge in [-0.25, -0.2) is 4.98 Å². The molecule has 0 spiro atoms. The van der Waals surface area contributed by atoms with E-state index in [2.05, 4.69) is 4.98 Å². The summed E-state index contributed by atoms with van der Waals surface area (Å²) in [6.45, 7) is 0.545. The maximum Gasteiger partial charge on any atom is 0.401 e. The lowest BCUT2D eigenvalue weighted by Crippen LogP contribution is -2.35. The zero-order valence-electron chi connectivity index (χ0n) is 11.1. The Morgan fingerprint density at radius 2 is 2.15 bits per heavy atom. The molecule has 0 aliphatic rings. The third-order valence-electron chi connectivity index (χ3n) is 2.93. The summed E-state index contributed by atoms with van der Waals surface area (Å²) < 4.78 is 39.1. The summed E-state index contributed by atoms with van der Waals surface area (Å²) in [5.74, 6) is 0.